The molecule has 1 aliphatic rings. The van der Waals surface area contributed by atoms with Gasteiger partial charge < -0.3 is 0 Å². The lowest BCUT2D eigenvalue weighted by Gasteiger charge is -2.21. The van der Waals surface area contributed by atoms with Crippen LogP contribution in [0.4, 0.5) is 0 Å². The lowest BCUT2D eigenvalue weighted by Crippen LogP contribution is -2.12. The first-order valence-electron chi connectivity index (χ1n) is 7.38. The van der Waals surface area contributed by atoms with E-state index >= 15 is 0 Å². The summed E-state index contributed by atoms with van der Waals surface area (Å²) in [6, 6.07) is 18.4. The van der Waals surface area contributed by atoms with Crippen molar-refractivity contribution in [2.45, 2.75) is 31.6 Å². The van der Waals surface area contributed by atoms with Gasteiger partial charge >= 0.3 is 0 Å². The highest BCUT2D eigenvalue weighted by atomic mass is 16.1. The molecule has 0 amide bonds. The Kier molecular flexibility index (Phi) is 3.83. The van der Waals surface area contributed by atoms with Gasteiger partial charge in [-0.25, -0.2) is 0 Å². The van der Waals surface area contributed by atoms with E-state index in [-0.39, 0.29) is 0 Å². The second-order valence-corrected chi connectivity index (χ2v) is 5.62. The molecule has 0 radical (unpaired) electrons. The first-order valence-corrected chi connectivity index (χ1v) is 7.38. The zero-order chi connectivity index (χ0) is 14.7. The van der Waals surface area contributed by atoms with E-state index in [0.717, 1.165) is 36.8 Å². The summed E-state index contributed by atoms with van der Waals surface area (Å²) >= 11 is 0. The maximum Gasteiger partial charge on any atom is 0.132 e. The van der Waals surface area contributed by atoms with Gasteiger partial charge in [-0.05, 0) is 47.6 Å². The van der Waals surface area contributed by atoms with E-state index in [9.17, 15) is 4.79 Å². The van der Waals surface area contributed by atoms with Crippen LogP contribution >= 0.6 is 0 Å². The van der Waals surface area contributed by atoms with Crippen LogP contribution in [-0.4, -0.2) is 5.78 Å². The predicted molar refractivity (Wildman–Crippen MR) is 82.8 cm³/mol. The Morgan fingerprint density at radius 2 is 1.38 bits per heavy atom. The van der Waals surface area contributed by atoms with Crippen LogP contribution in [0.2, 0.25) is 0 Å². The standard InChI is InChI=1S/C19H17NO/c20-13-14-1-3-15(4-2-14)16-5-7-17(8-6-16)18-9-11-19(21)12-10-18/h1-8,18H,9-12H2. The van der Waals surface area contributed by atoms with Crippen molar-refractivity contribution in [3.8, 4) is 17.2 Å². The number of ketones is 1. The minimum atomic E-state index is 0.403. The van der Waals surface area contributed by atoms with Gasteiger partial charge in [-0.3, -0.25) is 4.79 Å². The van der Waals surface area contributed by atoms with Gasteiger partial charge in [0, 0.05) is 12.8 Å². The quantitative estimate of drug-likeness (QED) is 0.812. The maximum atomic E-state index is 11.3. The second-order valence-electron chi connectivity index (χ2n) is 5.62. The number of carbonyl (C=O) groups excluding carboxylic acids is 1. The first-order chi connectivity index (χ1) is 10.3. The molecule has 0 N–H and O–H groups in total. The molecule has 1 saturated carbocycles. The van der Waals surface area contributed by atoms with Gasteiger partial charge in [0.1, 0.15) is 5.78 Å². The molecule has 21 heavy (non-hydrogen) atoms. The lowest BCUT2D eigenvalue weighted by molar-refractivity contribution is -0.120. The third-order valence-corrected chi connectivity index (χ3v) is 4.27. The Labute approximate surface area is 125 Å². The summed E-state index contributed by atoms with van der Waals surface area (Å²) in [5, 5.41) is 8.82. The van der Waals surface area contributed by atoms with Crippen molar-refractivity contribution in [1.29, 1.82) is 5.26 Å². The van der Waals surface area contributed by atoms with Crippen molar-refractivity contribution in [3.05, 3.63) is 59.7 Å². The molecule has 1 fully saturated rings. The summed E-state index contributed by atoms with van der Waals surface area (Å²) in [6.45, 7) is 0. The summed E-state index contributed by atoms with van der Waals surface area (Å²) in [7, 11) is 0. The topological polar surface area (TPSA) is 40.9 Å². The number of benzene rings is 2. The molecule has 0 heterocycles. The third kappa shape index (κ3) is 3.03. The molecule has 2 aromatic carbocycles. The molecule has 0 bridgehead atoms. The van der Waals surface area contributed by atoms with Crippen LogP contribution < -0.4 is 0 Å². The van der Waals surface area contributed by atoms with Gasteiger partial charge in [0.15, 0.2) is 0 Å². The highest BCUT2D eigenvalue weighted by molar-refractivity contribution is 5.79. The van der Waals surface area contributed by atoms with Crippen molar-refractivity contribution in [2.24, 2.45) is 0 Å². The summed E-state index contributed by atoms with van der Waals surface area (Å²) in [4.78, 5) is 11.3. The fourth-order valence-electron chi connectivity index (χ4n) is 2.96. The summed E-state index contributed by atoms with van der Waals surface area (Å²) in [6.07, 6.45) is 3.41. The van der Waals surface area contributed by atoms with Gasteiger partial charge in [0.05, 0.1) is 11.6 Å². The van der Waals surface area contributed by atoms with E-state index in [1.807, 2.05) is 24.3 Å². The van der Waals surface area contributed by atoms with E-state index in [1.54, 1.807) is 0 Å². The lowest BCUT2D eigenvalue weighted by atomic mass is 9.83. The molecule has 1 aliphatic carbocycles. The molecule has 0 unspecified atom stereocenters. The Bertz CT molecular complexity index is 667. The molecule has 2 aromatic rings. The molecule has 2 nitrogen and oxygen atoms in total. The predicted octanol–water partition coefficient (Wildman–Crippen LogP) is 4.45. The fraction of sp³-hybridized carbons (Fsp3) is 0.263. The zero-order valence-corrected chi connectivity index (χ0v) is 11.9. The highest BCUT2D eigenvalue weighted by Crippen LogP contribution is 2.32. The van der Waals surface area contributed by atoms with Gasteiger partial charge in [0.25, 0.3) is 0 Å². The third-order valence-electron chi connectivity index (χ3n) is 4.27. The molecule has 104 valence electrons. The number of nitriles is 1. The monoisotopic (exact) mass is 275 g/mol. The van der Waals surface area contributed by atoms with Crippen molar-refractivity contribution in [1.82, 2.24) is 0 Å². The molecule has 0 spiro atoms. The van der Waals surface area contributed by atoms with E-state index in [1.165, 1.54) is 5.56 Å². The normalized spacial score (nSPS) is 15.7. The number of hydrogen-bond donors (Lipinski definition) is 0. The Morgan fingerprint density at radius 3 is 1.90 bits per heavy atom. The molecule has 2 heteroatoms. The summed E-state index contributed by atoms with van der Waals surface area (Å²) < 4.78 is 0. The second kappa shape index (κ2) is 5.93. The van der Waals surface area contributed by atoms with Crippen LogP contribution in [0.5, 0.6) is 0 Å². The van der Waals surface area contributed by atoms with E-state index in [4.69, 9.17) is 5.26 Å². The number of nitrogens with zero attached hydrogens (tertiary/aromatic N) is 1. The van der Waals surface area contributed by atoms with Crippen molar-refractivity contribution in [2.75, 3.05) is 0 Å². The maximum absolute atomic E-state index is 11.3. The number of Topliss-reactive ketones (excluding diaryl/α,β-unsaturated/α-hetero) is 1. The van der Waals surface area contributed by atoms with Crippen LogP contribution in [0.3, 0.4) is 0 Å². The first kappa shape index (κ1) is 13.6. The fourth-order valence-corrected chi connectivity index (χ4v) is 2.96. The van der Waals surface area contributed by atoms with E-state index in [2.05, 4.69) is 30.3 Å². The zero-order valence-electron chi connectivity index (χ0n) is 11.9. The summed E-state index contributed by atoms with van der Waals surface area (Å²) in [5.74, 6) is 0.929. The highest BCUT2D eigenvalue weighted by Gasteiger charge is 2.19. The molecular formula is C19H17NO. The van der Waals surface area contributed by atoms with Crippen molar-refractivity contribution < 1.29 is 4.79 Å². The van der Waals surface area contributed by atoms with Gasteiger partial charge in [-0.2, -0.15) is 5.26 Å². The number of rotatable bonds is 2. The van der Waals surface area contributed by atoms with Gasteiger partial charge in [-0.1, -0.05) is 36.4 Å². The van der Waals surface area contributed by atoms with Crippen molar-refractivity contribution >= 4 is 5.78 Å². The van der Waals surface area contributed by atoms with Crippen LogP contribution in [0.25, 0.3) is 11.1 Å². The molecule has 3 rings (SSSR count). The Morgan fingerprint density at radius 1 is 0.857 bits per heavy atom. The minimum absolute atomic E-state index is 0.403. The van der Waals surface area contributed by atoms with Crippen LogP contribution in [0.1, 0.15) is 42.7 Å². The Balaban J connectivity index is 1.77. The van der Waals surface area contributed by atoms with Crippen molar-refractivity contribution in [3.63, 3.8) is 0 Å². The molecular weight excluding hydrogens is 258 g/mol. The smallest absolute Gasteiger partial charge is 0.132 e. The average molecular weight is 275 g/mol. The average Bonchev–Trinajstić information content (AvgIpc) is 2.56. The number of carbonyl (C=O) groups is 1. The van der Waals surface area contributed by atoms with E-state index in [0.29, 0.717) is 17.3 Å². The van der Waals surface area contributed by atoms with Crippen LogP contribution in [-0.2, 0) is 4.79 Å². The SMILES string of the molecule is N#Cc1ccc(-c2ccc(C3CCC(=O)CC3)cc2)cc1. The Hall–Kier alpha value is -2.40. The molecule has 0 atom stereocenters. The van der Waals surface area contributed by atoms with Gasteiger partial charge in [-0.15, -0.1) is 0 Å². The molecule has 0 aromatic heterocycles. The molecule has 0 saturated heterocycles. The largest absolute Gasteiger partial charge is 0.300 e. The minimum Gasteiger partial charge on any atom is -0.300 e. The summed E-state index contributed by atoms with van der Waals surface area (Å²) in [5.41, 5.74) is 4.30. The number of hydrogen-bond acceptors (Lipinski definition) is 2. The van der Waals surface area contributed by atoms with E-state index < -0.39 is 0 Å². The molecule has 0 aliphatic heterocycles. The van der Waals surface area contributed by atoms with Crippen LogP contribution in [0, 0.1) is 11.3 Å². The van der Waals surface area contributed by atoms with Crippen LogP contribution in [0.15, 0.2) is 48.5 Å². The van der Waals surface area contributed by atoms with Gasteiger partial charge in [0.2, 0.25) is 0 Å².